The number of nitrogens with one attached hydrogen (secondary N) is 4. The van der Waals surface area contributed by atoms with E-state index in [0.717, 1.165) is 42.6 Å². The van der Waals surface area contributed by atoms with Gasteiger partial charge >= 0.3 is 12.2 Å². The lowest BCUT2D eigenvalue weighted by molar-refractivity contribution is 0.0526. The Balaban J connectivity index is 1.29. The van der Waals surface area contributed by atoms with E-state index in [4.69, 9.17) is 14.8 Å². The molecule has 2 amide bonds. The second kappa shape index (κ2) is 13.6. The maximum absolute atomic E-state index is 12.2. The fraction of sp³-hybridized carbons (Fsp3) is 0.406. The lowest BCUT2D eigenvalue weighted by Crippen LogP contribution is -2.39. The number of pyridine rings is 1. The van der Waals surface area contributed by atoms with E-state index >= 15 is 0 Å². The van der Waals surface area contributed by atoms with Crippen molar-refractivity contribution in [1.82, 2.24) is 30.0 Å². The number of anilines is 2. The van der Waals surface area contributed by atoms with Crippen molar-refractivity contribution in [1.29, 1.82) is 0 Å². The molecule has 0 saturated heterocycles. The molecule has 5 rings (SSSR count). The van der Waals surface area contributed by atoms with Crippen LogP contribution >= 0.6 is 0 Å². The highest BCUT2D eigenvalue weighted by Crippen LogP contribution is 2.28. The van der Waals surface area contributed by atoms with Gasteiger partial charge in [-0.05, 0) is 70.6 Å². The highest BCUT2D eigenvalue weighted by Gasteiger charge is 2.24. The predicted molar refractivity (Wildman–Crippen MR) is 169 cm³/mol. The molecular weight excluding hydrogens is 560 g/mol. The van der Waals surface area contributed by atoms with E-state index in [1.165, 1.54) is 0 Å². The number of rotatable bonds is 10. The second-order valence-electron chi connectivity index (χ2n) is 12.0. The minimum absolute atomic E-state index is 0.0120. The van der Waals surface area contributed by atoms with Crippen LogP contribution in [0.2, 0.25) is 0 Å². The van der Waals surface area contributed by atoms with Gasteiger partial charge in [0.1, 0.15) is 11.4 Å². The van der Waals surface area contributed by atoms with Gasteiger partial charge in [0.15, 0.2) is 11.5 Å². The van der Waals surface area contributed by atoms with Crippen molar-refractivity contribution < 1.29 is 19.4 Å². The third-order valence-corrected chi connectivity index (χ3v) is 7.46. The van der Waals surface area contributed by atoms with Crippen LogP contribution in [0.15, 0.2) is 67.1 Å². The quantitative estimate of drug-likeness (QED) is 0.151. The molecule has 3 heterocycles. The lowest BCUT2D eigenvalue weighted by Gasteiger charge is -2.29. The maximum Gasteiger partial charge on any atom is 0.407 e. The smallest absolute Gasteiger partial charge is 0.407 e. The first-order chi connectivity index (χ1) is 21.1. The van der Waals surface area contributed by atoms with E-state index in [9.17, 15) is 9.59 Å². The van der Waals surface area contributed by atoms with Gasteiger partial charge in [0, 0.05) is 31.0 Å². The van der Waals surface area contributed by atoms with Gasteiger partial charge in [0.05, 0.1) is 23.6 Å². The van der Waals surface area contributed by atoms with E-state index in [1.54, 1.807) is 12.4 Å². The Morgan fingerprint density at radius 1 is 1.02 bits per heavy atom. The third-order valence-electron chi connectivity index (χ3n) is 7.46. The average Bonchev–Trinajstić information content (AvgIpc) is 3.42. The zero-order valence-electron chi connectivity index (χ0n) is 25.3. The number of carboxylic acid groups (broad SMARTS) is 1. The number of fused-ring (bicyclic) bond motifs is 1. The van der Waals surface area contributed by atoms with E-state index in [0.29, 0.717) is 30.2 Å². The summed E-state index contributed by atoms with van der Waals surface area (Å²) in [5.74, 6) is 1.38. The number of alkyl carbamates (subject to hydrolysis) is 1. The highest BCUT2D eigenvalue weighted by atomic mass is 16.6. The summed E-state index contributed by atoms with van der Waals surface area (Å²) in [7, 11) is 0. The monoisotopic (exact) mass is 600 g/mol. The maximum atomic E-state index is 12.2. The number of amides is 2. The molecule has 1 atom stereocenters. The van der Waals surface area contributed by atoms with Gasteiger partial charge in [0.2, 0.25) is 0 Å². The first kappa shape index (κ1) is 30.6. The fourth-order valence-corrected chi connectivity index (χ4v) is 5.44. The zero-order chi connectivity index (χ0) is 31.1. The number of carbonyl (C=O) groups is 2. The number of hydrogen-bond acceptors (Lipinski definition) is 8. The van der Waals surface area contributed by atoms with Gasteiger partial charge in [0.25, 0.3) is 0 Å². The van der Waals surface area contributed by atoms with Gasteiger partial charge in [-0.1, -0.05) is 36.4 Å². The van der Waals surface area contributed by atoms with E-state index in [1.807, 2.05) is 67.8 Å². The minimum atomic E-state index is -0.976. The summed E-state index contributed by atoms with van der Waals surface area (Å²) in [6.45, 7) is 5.94. The molecule has 1 saturated carbocycles. The molecule has 1 fully saturated rings. The molecule has 0 spiro atoms. The molecule has 5 N–H and O–H groups in total. The molecule has 0 bridgehead atoms. The van der Waals surface area contributed by atoms with Crippen molar-refractivity contribution in [2.24, 2.45) is 0 Å². The van der Waals surface area contributed by atoms with Gasteiger partial charge in [-0.25, -0.2) is 24.5 Å². The minimum Gasteiger partial charge on any atom is -0.465 e. The molecule has 1 aliphatic carbocycles. The lowest BCUT2D eigenvalue weighted by atomic mass is 9.91. The van der Waals surface area contributed by atoms with Crippen molar-refractivity contribution in [2.75, 3.05) is 17.2 Å². The van der Waals surface area contributed by atoms with E-state index < -0.39 is 17.8 Å². The van der Waals surface area contributed by atoms with Gasteiger partial charge < -0.3 is 31.1 Å². The Kier molecular flexibility index (Phi) is 9.47. The van der Waals surface area contributed by atoms with Crippen LogP contribution in [0.5, 0.6) is 0 Å². The fourth-order valence-electron chi connectivity index (χ4n) is 5.44. The third kappa shape index (κ3) is 8.15. The van der Waals surface area contributed by atoms with Crippen LogP contribution in [-0.2, 0) is 4.74 Å². The molecule has 232 valence electrons. The summed E-state index contributed by atoms with van der Waals surface area (Å²) in [6.07, 6.45) is 7.84. The summed E-state index contributed by atoms with van der Waals surface area (Å²) < 4.78 is 7.35. The van der Waals surface area contributed by atoms with Crippen LogP contribution in [0, 0.1) is 0 Å². The normalized spacial score (nSPS) is 17.4. The van der Waals surface area contributed by atoms with E-state index in [-0.39, 0.29) is 18.1 Å². The topological polar surface area (TPSA) is 155 Å². The summed E-state index contributed by atoms with van der Waals surface area (Å²) in [4.78, 5) is 37.3. The van der Waals surface area contributed by atoms with Crippen molar-refractivity contribution in [3.05, 3.63) is 72.7 Å². The molecule has 1 aromatic carbocycles. The molecule has 12 nitrogen and oxygen atoms in total. The number of nitrogens with zero attached hydrogens (tertiary/aromatic N) is 4. The highest BCUT2D eigenvalue weighted by molar-refractivity contribution is 5.70. The second-order valence-corrected chi connectivity index (χ2v) is 12.0. The molecule has 0 radical (unpaired) electrons. The number of carbonyl (C=O) groups excluding carboxylic acids is 1. The molecule has 44 heavy (non-hydrogen) atoms. The number of benzene rings is 1. The van der Waals surface area contributed by atoms with Crippen LogP contribution in [0.1, 0.15) is 64.5 Å². The van der Waals surface area contributed by atoms with Crippen molar-refractivity contribution in [3.63, 3.8) is 0 Å². The van der Waals surface area contributed by atoms with Crippen LogP contribution in [0.4, 0.5) is 21.2 Å². The Hall–Kier alpha value is -4.87. The first-order valence-electron chi connectivity index (χ1n) is 15.0. The van der Waals surface area contributed by atoms with Crippen LogP contribution in [-0.4, -0.2) is 60.9 Å². The largest absolute Gasteiger partial charge is 0.465 e. The SMILES string of the molecule is CC(C)(C)OC(=O)NCCC(Nc1cccc(-c2cnc3c(N[C@H]4CC[C@H](NC(=O)O)CC4)nccn23)n1)c1ccccc1. The molecule has 12 heteroatoms. The van der Waals surface area contributed by atoms with Gasteiger partial charge in [-0.2, -0.15) is 0 Å². The summed E-state index contributed by atoms with van der Waals surface area (Å²) in [5.41, 5.74) is 2.79. The average molecular weight is 601 g/mol. The summed E-state index contributed by atoms with van der Waals surface area (Å²) >= 11 is 0. The molecule has 3 aromatic heterocycles. The number of aromatic nitrogens is 4. The van der Waals surface area contributed by atoms with E-state index in [2.05, 4.69) is 43.4 Å². The Morgan fingerprint density at radius 2 is 1.77 bits per heavy atom. The predicted octanol–water partition coefficient (Wildman–Crippen LogP) is 5.85. The van der Waals surface area contributed by atoms with Crippen molar-refractivity contribution in [2.45, 2.75) is 76.6 Å². The zero-order valence-corrected chi connectivity index (χ0v) is 25.3. The molecule has 1 unspecified atom stereocenters. The Morgan fingerprint density at radius 3 is 2.50 bits per heavy atom. The van der Waals surface area contributed by atoms with Crippen LogP contribution < -0.4 is 21.3 Å². The first-order valence-corrected chi connectivity index (χ1v) is 15.0. The Labute approximate surface area is 256 Å². The van der Waals surface area contributed by atoms with Gasteiger partial charge in [-0.15, -0.1) is 0 Å². The number of hydrogen-bond donors (Lipinski definition) is 5. The summed E-state index contributed by atoms with van der Waals surface area (Å²) in [5, 5.41) is 21.5. The molecule has 0 aliphatic heterocycles. The van der Waals surface area contributed by atoms with Crippen LogP contribution in [0.3, 0.4) is 0 Å². The standard InChI is InChI=1S/C32H40N8O4/c1-32(2,3)44-31(43)34-17-16-24(21-8-5-4-6-9-21)38-27-11-7-10-25(39-27)26-20-35-29-28(33-18-19-40(26)29)36-22-12-14-23(15-13-22)37-30(41)42/h4-11,18-20,22-24,37H,12-17H2,1-3H3,(H,33,36)(H,34,43)(H,38,39)(H,41,42)/t22-,23-,24?. The molecule has 4 aromatic rings. The summed E-state index contributed by atoms with van der Waals surface area (Å²) in [6, 6.07) is 16.0. The molecular formula is C32H40N8O4. The van der Waals surface area contributed by atoms with Crippen LogP contribution in [0.25, 0.3) is 17.0 Å². The van der Waals surface area contributed by atoms with Crippen molar-refractivity contribution in [3.8, 4) is 11.4 Å². The van der Waals surface area contributed by atoms with Gasteiger partial charge in [-0.3, -0.25) is 4.40 Å². The molecule has 1 aliphatic rings. The van der Waals surface area contributed by atoms with Crippen molar-refractivity contribution >= 4 is 29.5 Å². The number of imidazole rings is 1. The Bertz CT molecular complexity index is 1560. The number of ether oxygens (including phenoxy) is 1.